The van der Waals surface area contributed by atoms with Crippen molar-refractivity contribution in [3.63, 3.8) is 0 Å². The van der Waals surface area contributed by atoms with Gasteiger partial charge in [-0.2, -0.15) is 10.1 Å². The fourth-order valence-electron chi connectivity index (χ4n) is 6.42. The predicted octanol–water partition coefficient (Wildman–Crippen LogP) is 6.70. The van der Waals surface area contributed by atoms with Crippen LogP contribution in [0.15, 0.2) is 96.1 Å². The average Bonchev–Trinajstić information content (AvgIpc) is 3.21. The predicted molar refractivity (Wildman–Crippen MR) is 166 cm³/mol. The molecule has 2 amide bonds. The maximum Gasteiger partial charge on any atom is 0.254 e. The molecule has 1 fully saturated rings. The van der Waals surface area contributed by atoms with E-state index in [1.54, 1.807) is 6.21 Å². The normalized spacial score (nSPS) is 22.7. The highest BCUT2D eigenvalue weighted by molar-refractivity contribution is 14.1. The third-order valence-corrected chi connectivity index (χ3v) is 9.60. The Morgan fingerprint density at radius 2 is 1.18 bits per heavy atom. The summed E-state index contributed by atoms with van der Waals surface area (Å²) in [4.78, 5) is 27.5. The summed E-state index contributed by atoms with van der Waals surface area (Å²) in [5, 5.41) is 5.59. The first-order valence-corrected chi connectivity index (χ1v) is 14.9. The minimum atomic E-state index is -0.432. The quantitative estimate of drug-likeness (QED) is 0.130. The van der Waals surface area contributed by atoms with Crippen molar-refractivity contribution < 1.29 is 14.3 Å². The highest BCUT2D eigenvalue weighted by atomic mass is 127. The molecular weight excluding hydrogens is 714 g/mol. The lowest BCUT2D eigenvalue weighted by molar-refractivity contribution is -0.139. The molecule has 2 atom stereocenters. The molecule has 0 aromatic heterocycles. The number of hydrazone groups is 1. The van der Waals surface area contributed by atoms with E-state index in [0.29, 0.717) is 6.61 Å². The average molecular weight is 736 g/mol. The highest BCUT2D eigenvalue weighted by Crippen LogP contribution is 2.60. The van der Waals surface area contributed by atoms with Crippen molar-refractivity contribution in [3.05, 3.63) is 132 Å². The standard InChI is InChI=1S/C32H22I2N2O3/c33-24-14-19(15-25(34)30(24)39-17-18-8-2-1-3-9-18)16-35-36-31(37)28-26-20-10-4-5-11-21(20)27(29(28)32(36)38)23-13-7-6-12-22(23)26/h1-16,26-29H,17H2/b35-16-/t26?,27?,28-,29-/m1/s1. The molecule has 3 aliphatic carbocycles. The maximum atomic E-state index is 13.8. The first-order valence-electron chi connectivity index (χ1n) is 12.8. The Balaban J connectivity index is 1.17. The van der Waals surface area contributed by atoms with Gasteiger partial charge in [-0.15, -0.1) is 0 Å². The fourth-order valence-corrected chi connectivity index (χ4v) is 8.55. The van der Waals surface area contributed by atoms with E-state index in [0.717, 1.165) is 51.3 Å². The Labute approximate surface area is 253 Å². The van der Waals surface area contributed by atoms with E-state index < -0.39 is 11.8 Å². The van der Waals surface area contributed by atoms with Crippen molar-refractivity contribution in [2.75, 3.05) is 0 Å². The van der Waals surface area contributed by atoms with E-state index in [-0.39, 0.29) is 23.7 Å². The number of hydrogen-bond acceptors (Lipinski definition) is 4. The topological polar surface area (TPSA) is 59.0 Å². The number of benzene rings is 4. The molecule has 1 aliphatic heterocycles. The van der Waals surface area contributed by atoms with Crippen molar-refractivity contribution in [3.8, 4) is 5.75 Å². The second-order valence-corrected chi connectivity index (χ2v) is 12.4. The largest absolute Gasteiger partial charge is 0.487 e. The molecule has 0 N–H and O–H groups in total. The van der Waals surface area contributed by atoms with Crippen LogP contribution in [0.5, 0.6) is 5.75 Å². The molecule has 4 aliphatic rings. The molecule has 4 aromatic carbocycles. The zero-order valence-electron chi connectivity index (χ0n) is 20.6. The SMILES string of the molecule is O=C1[C@@H]2C3c4ccccc4C(c4ccccc43)[C@H]2C(=O)N1/N=C\c1cc(I)c(OCc2ccccc2)c(I)c1. The Bertz CT molecular complexity index is 1530. The number of halogens is 2. The lowest BCUT2D eigenvalue weighted by Gasteiger charge is -2.45. The van der Waals surface area contributed by atoms with Crippen LogP contribution in [0.25, 0.3) is 0 Å². The van der Waals surface area contributed by atoms with Crippen LogP contribution in [0.1, 0.15) is 45.2 Å². The second-order valence-electron chi connectivity index (χ2n) is 10.1. The monoisotopic (exact) mass is 736 g/mol. The van der Waals surface area contributed by atoms with Crippen LogP contribution >= 0.6 is 45.2 Å². The van der Waals surface area contributed by atoms with E-state index in [9.17, 15) is 9.59 Å². The molecule has 192 valence electrons. The number of carbonyl (C=O) groups is 2. The van der Waals surface area contributed by atoms with E-state index in [2.05, 4.69) is 74.5 Å². The molecule has 4 aromatic rings. The van der Waals surface area contributed by atoms with Gasteiger partial charge < -0.3 is 4.74 Å². The molecular formula is C32H22I2N2O3. The van der Waals surface area contributed by atoms with Crippen LogP contribution in [0, 0.1) is 19.0 Å². The lowest BCUT2D eigenvalue weighted by Crippen LogP contribution is -2.41. The molecule has 0 unspecified atom stereocenters. The number of hydrogen-bond donors (Lipinski definition) is 0. The zero-order chi connectivity index (χ0) is 26.7. The molecule has 0 saturated carbocycles. The van der Waals surface area contributed by atoms with Gasteiger partial charge in [-0.1, -0.05) is 78.9 Å². The summed E-state index contributed by atoms with van der Waals surface area (Å²) in [5.74, 6) is -0.750. The molecule has 0 spiro atoms. The van der Waals surface area contributed by atoms with Gasteiger partial charge in [-0.25, -0.2) is 0 Å². The summed E-state index contributed by atoms with van der Waals surface area (Å²) < 4.78 is 7.98. The minimum Gasteiger partial charge on any atom is -0.487 e. The van der Waals surface area contributed by atoms with E-state index in [1.165, 1.54) is 0 Å². The molecule has 0 radical (unpaired) electrons. The number of carbonyl (C=O) groups excluding carboxylic acids is 2. The van der Waals surface area contributed by atoms with Gasteiger partial charge in [0.1, 0.15) is 12.4 Å². The Kier molecular flexibility index (Phi) is 6.30. The number of rotatable bonds is 5. The summed E-state index contributed by atoms with van der Waals surface area (Å²) >= 11 is 4.51. The van der Waals surface area contributed by atoms with Crippen LogP contribution in [-0.2, 0) is 16.2 Å². The van der Waals surface area contributed by atoms with E-state index in [1.807, 2.05) is 66.7 Å². The van der Waals surface area contributed by atoms with Crippen molar-refractivity contribution in [1.82, 2.24) is 5.01 Å². The molecule has 8 rings (SSSR count). The number of ether oxygens (including phenoxy) is 1. The number of imide groups is 1. The number of nitrogens with zero attached hydrogens (tertiary/aromatic N) is 2. The summed E-state index contributed by atoms with van der Waals surface area (Å²) in [7, 11) is 0. The lowest BCUT2D eigenvalue weighted by atomic mass is 9.55. The first kappa shape index (κ1) is 25.0. The molecule has 5 nitrogen and oxygen atoms in total. The van der Waals surface area contributed by atoms with Gasteiger partial charge in [0.05, 0.1) is 25.2 Å². The van der Waals surface area contributed by atoms with Gasteiger partial charge in [0.2, 0.25) is 0 Å². The van der Waals surface area contributed by atoms with Gasteiger partial charge in [-0.05, 0) is 90.7 Å². The highest BCUT2D eigenvalue weighted by Gasteiger charge is 2.61. The minimum absolute atomic E-state index is 0.132. The van der Waals surface area contributed by atoms with E-state index in [4.69, 9.17) is 4.74 Å². The summed E-state index contributed by atoms with van der Waals surface area (Å²) in [6, 6.07) is 30.5. The summed E-state index contributed by atoms with van der Waals surface area (Å²) in [6.45, 7) is 0.479. The van der Waals surface area contributed by atoms with Crippen LogP contribution in [0.2, 0.25) is 0 Å². The van der Waals surface area contributed by atoms with Gasteiger partial charge >= 0.3 is 0 Å². The van der Waals surface area contributed by atoms with Crippen molar-refractivity contribution >= 4 is 63.2 Å². The molecule has 1 saturated heterocycles. The van der Waals surface area contributed by atoms with Gasteiger partial charge in [-0.3, -0.25) is 9.59 Å². The molecule has 1 heterocycles. The smallest absolute Gasteiger partial charge is 0.254 e. The Hall–Kier alpha value is -3.05. The van der Waals surface area contributed by atoms with Crippen LogP contribution in [0.3, 0.4) is 0 Å². The Morgan fingerprint density at radius 1 is 0.718 bits per heavy atom. The van der Waals surface area contributed by atoms with E-state index >= 15 is 0 Å². The molecule has 39 heavy (non-hydrogen) atoms. The summed E-state index contributed by atoms with van der Waals surface area (Å²) in [6.07, 6.45) is 1.61. The Morgan fingerprint density at radius 3 is 1.67 bits per heavy atom. The van der Waals surface area contributed by atoms with Crippen LogP contribution in [-0.4, -0.2) is 23.0 Å². The molecule has 7 heteroatoms. The van der Waals surface area contributed by atoms with Crippen LogP contribution < -0.4 is 4.74 Å². The first-order chi connectivity index (χ1) is 19.0. The number of amides is 2. The van der Waals surface area contributed by atoms with Crippen molar-refractivity contribution in [2.24, 2.45) is 16.9 Å². The summed E-state index contributed by atoms with van der Waals surface area (Å²) in [5.41, 5.74) is 6.53. The van der Waals surface area contributed by atoms with Crippen molar-refractivity contribution in [2.45, 2.75) is 18.4 Å². The fraction of sp³-hybridized carbons (Fsp3) is 0.156. The maximum absolute atomic E-state index is 13.8. The zero-order valence-corrected chi connectivity index (χ0v) is 24.9. The third kappa shape index (κ3) is 4.04. The van der Waals surface area contributed by atoms with Crippen LogP contribution in [0.4, 0.5) is 0 Å². The van der Waals surface area contributed by atoms with Gasteiger partial charge in [0.15, 0.2) is 0 Å². The van der Waals surface area contributed by atoms with Gasteiger partial charge in [0.25, 0.3) is 11.8 Å². The molecule has 2 bridgehead atoms. The third-order valence-electron chi connectivity index (χ3n) is 7.99. The second kappa shape index (κ2) is 9.85. The van der Waals surface area contributed by atoms with Crippen molar-refractivity contribution in [1.29, 1.82) is 0 Å². The van der Waals surface area contributed by atoms with Gasteiger partial charge in [0, 0.05) is 11.8 Å².